The maximum Gasteiger partial charge on any atom is 0.325 e. The summed E-state index contributed by atoms with van der Waals surface area (Å²) in [5.74, 6) is -1.27. The lowest BCUT2D eigenvalue weighted by Crippen LogP contribution is -2.32. The summed E-state index contributed by atoms with van der Waals surface area (Å²) in [6.45, 7) is 5.50. The summed E-state index contributed by atoms with van der Waals surface area (Å²) in [4.78, 5) is 52.7. The molecule has 10 heteroatoms. The first-order valence-electron chi connectivity index (χ1n) is 7.47. The molecule has 25 heavy (non-hydrogen) atoms. The van der Waals surface area contributed by atoms with Crippen molar-refractivity contribution in [3.8, 4) is 0 Å². The van der Waals surface area contributed by atoms with Gasteiger partial charge < -0.3 is 20.4 Å². The fourth-order valence-electron chi connectivity index (χ4n) is 1.62. The van der Waals surface area contributed by atoms with E-state index in [1.165, 1.54) is 6.07 Å². The lowest BCUT2D eigenvalue weighted by Gasteiger charge is -2.06. The van der Waals surface area contributed by atoms with Crippen LogP contribution in [0.15, 0.2) is 28.7 Å². The van der Waals surface area contributed by atoms with Crippen LogP contribution in [0.5, 0.6) is 0 Å². The third kappa shape index (κ3) is 8.70. The molecule has 9 nitrogen and oxygen atoms in total. The highest BCUT2D eigenvalue weighted by molar-refractivity contribution is 7.99. The molecule has 1 rings (SSSR count). The van der Waals surface area contributed by atoms with Crippen LogP contribution in [0.1, 0.15) is 12.6 Å². The van der Waals surface area contributed by atoms with Crippen LogP contribution in [0, 0.1) is 0 Å². The molecule has 1 aromatic rings. The number of amides is 2. The van der Waals surface area contributed by atoms with Crippen LogP contribution < -0.4 is 16.2 Å². The summed E-state index contributed by atoms with van der Waals surface area (Å²) in [6.07, 6.45) is 1.49. The molecule has 0 aromatic carbocycles. The second-order valence-corrected chi connectivity index (χ2v) is 5.65. The van der Waals surface area contributed by atoms with Gasteiger partial charge in [-0.25, -0.2) is 4.98 Å². The standard InChI is InChI=1S/C15H20N4O5S/c1-3-5-16-11(20)6-10-7-12(21)19-15(18-10)25-9-13(22)17-8-14(23)24-4-2/h3,7H,1,4-6,8-9H2,2H3,(H,16,20)(H,17,22)(H,18,19,21). The van der Waals surface area contributed by atoms with Gasteiger partial charge in [0, 0.05) is 12.6 Å². The highest BCUT2D eigenvalue weighted by Gasteiger charge is 2.10. The average Bonchev–Trinajstić information content (AvgIpc) is 2.56. The minimum absolute atomic E-state index is 0.0472. The molecule has 0 atom stereocenters. The Morgan fingerprint density at radius 3 is 2.80 bits per heavy atom. The molecule has 2 amide bonds. The minimum atomic E-state index is -0.528. The molecule has 0 bridgehead atoms. The van der Waals surface area contributed by atoms with Gasteiger partial charge in [-0.3, -0.25) is 19.2 Å². The zero-order valence-corrected chi connectivity index (χ0v) is 14.6. The molecule has 136 valence electrons. The Kier molecular flexibility index (Phi) is 9.01. The molecule has 1 aromatic heterocycles. The SMILES string of the molecule is C=CCNC(=O)Cc1cc(=O)[nH]c(SCC(=O)NCC(=O)OCC)n1. The molecule has 3 N–H and O–H groups in total. The van der Waals surface area contributed by atoms with Crippen molar-refractivity contribution in [3.05, 3.63) is 34.8 Å². The number of rotatable bonds is 10. The summed E-state index contributed by atoms with van der Waals surface area (Å²) >= 11 is 0.988. The van der Waals surface area contributed by atoms with Crippen molar-refractivity contribution in [2.24, 2.45) is 0 Å². The van der Waals surface area contributed by atoms with Crippen molar-refractivity contribution in [1.29, 1.82) is 0 Å². The number of H-pyrrole nitrogens is 1. The number of carbonyl (C=O) groups is 3. The van der Waals surface area contributed by atoms with E-state index in [2.05, 4.69) is 31.9 Å². The lowest BCUT2D eigenvalue weighted by molar-refractivity contribution is -0.143. The molecular weight excluding hydrogens is 348 g/mol. The smallest absolute Gasteiger partial charge is 0.325 e. The summed E-state index contributed by atoms with van der Waals surface area (Å²) in [5.41, 5.74) is -0.129. The third-order valence-electron chi connectivity index (χ3n) is 2.63. The third-order valence-corrected chi connectivity index (χ3v) is 3.51. The van der Waals surface area contributed by atoms with E-state index < -0.39 is 17.4 Å². The van der Waals surface area contributed by atoms with E-state index >= 15 is 0 Å². The molecule has 0 aliphatic rings. The van der Waals surface area contributed by atoms with Gasteiger partial charge >= 0.3 is 5.97 Å². The average molecular weight is 368 g/mol. The summed E-state index contributed by atoms with van der Waals surface area (Å²) < 4.78 is 4.69. The van der Waals surface area contributed by atoms with Crippen molar-refractivity contribution in [2.45, 2.75) is 18.5 Å². The molecule has 0 aliphatic heterocycles. The zero-order chi connectivity index (χ0) is 18.7. The van der Waals surface area contributed by atoms with Gasteiger partial charge in [0.2, 0.25) is 11.8 Å². The monoisotopic (exact) mass is 368 g/mol. The topological polar surface area (TPSA) is 130 Å². The number of thioether (sulfide) groups is 1. The quantitative estimate of drug-likeness (QED) is 0.217. The molecule has 0 saturated heterocycles. The number of carbonyl (C=O) groups excluding carboxylic acids is 3. The molecule has 0 aliphatic carbocycles. The maximum absolute atomic E-state index is 11.7. The van der Waals surface area contributed by atoms with Gasteiger partial charge in [0.05, 0.1) is 24.5 Å². The van der Waals surface area contributed by atoms with Gasteiger partial charge in [0.1, 0.15) is 6.54 Å². The largest absolute Gasteiger partial charge is 0.465 e. The van der Waals surface area contributed by atoms with Crippen LogP contribution >= 0.6 is 11.8 Å². The van der Waals surface area contributed by atoms with E-state index in [1.807, 2.05) is 0 Å². The van der Waals surface area contributed by atoms with Gasteiger partial charge in [-0.1, -0.05) is 17.8 Å². The van der Waals surface area contributed by atoms with E-state index in [0.717, 1.165) is 11.8 Å². The summed E-state index contributed by atoms with van der Waals surface area (Å²) in [7, 11) is 0. The number of esters is 1. The van der Waals surface area contributed by atoms with Gasteiger partial charge in [0.25, 0.3) is 5.56 Å². The van der Waals surface area contributed by atoms with E-state index in [4.69, 9.17) is 0 Å². The summed E-state index contributed by atoms with van der Waals surface area (Å²) in [5, 5.41) is 5.19. The van der Waals surface area contributed by atoms with Crippen LogP contribution in [0.3, 0.4) is 0 Å². The molecule has 0 saturated carbocycles. The van der Waals surface area contributed by atoms with Gasteiger partial charge in [0.15, 0.2) is 5.16 Å². The number of hydrogen-bond acceptors (Lipinski definition) is 7. The summed E-state index contributed by atoms with van der Waals surface area (Å²) in [6, 6.07) is 1.22. The van der Waals surface area contributed by atoms with Crippen LogP contribution in [0.25, 0.3) is 0 Å². The Hall–Kier alpha value is -2.62. The van der Waals surface area contributed by atoms with Gasteiger partial charge in [-0.2, -0.15) is 0 Å². The number of aromatic nitrogens is 2. The van der Waals surface area contributed by atoms with E-state index in [-0.39, 0.29) is 36.4 Å². The first-order valence-corrected chi connectivity index (χ1v) is 8.46. The molecule has 0 unspecified atom stereocenters. The van der Waals surface area contributed by atoms with E-state index in [9.17, 15) is 19.2 Å². The highest BCUT2D eigenvalue weighted by Crippen LogP contribution is 2.10. The zero-order valence-electron chi connectivity index (χ0n) is 13.8. The van der Waals surface area contributed by atoms with Crippen LogP contribution in [0.4, 0.5) is 0 Å². The second kappa shape index (κ2) is 11.0. The van der Waals surface area contributed by atoms with E-state index in [1.54, 1.807) is 13.0 Å². The lowest BCUT2D eigenvalue weighted by atomic mass is 10.3. The van der Waals surface area contributed by atoms with Crippen molar-refractivity contribution < 1.29 is 19.1 Å². The minimum Gasteiger partial charge on any atom is -0.465 e. The number of nitrogens with zero attached hydrogens (tertiary/aromatic N) is 1. The molecule has 1 heterocycles. The predicted octanol–water partition coefficient (Wildman–Crippen LogP) is -0.614. The Morgan fingerprint density at radius 1 is 1.36 bits per heavy atom. The maximum atomic E-state index is 11.7. The second-order valence-electron chi connectivity index (χ2n) is 4.68. The number of nitrogens with one attached hydrogen (secondary N) is 3. The first-order chi connectivity index (χ1) is 11.9. The van der Waals surface area contributed by atoms with Gasteiger partial charge in [-0.05, 0) is 6.92 Å². The van der Waals surface area contributed by atoms with Crippen molar-refractivity contribution in [3.63, 3.8) is 0 Å². The van der Waals surface area contributed by atoms with Crippen LogP contribution in [0.2, 0.25) is 0 Å². The number of aromatic amines is 1. The van der Waals surface area contributed by atoms with Crippen LogP contribution in [-0.2, 0) is 25.5 Å². The number of ether oxygens (including phenoxy) is 1. The van der Waals surface area contributed by atoms with Gasteiger partial charge in [-0.15, -0.1) is 6.58 Å². The predicted molar refractivity (Wildman–Crippen MR) is 92.1 cm³/mol. The normalized spacial score (nSPS) is 9.96. The molecule has 0 fully saturated rings. The van der Waals surface area contributed by atoms with Crippen LogP contribution in [-0.4, -0.2) is 53.2 Å². The molecule has 0 spiro atoms. The Balaban J connectivity index is 2.54. The number of hydrogen-bond donors (Lipinski definition) is 3. The molecule has 0 radical (unpaired) electrons. The van der Waals surface area contributed by atoms with Crippen molar-refractivity contribution in [2.75, 3.05) is 25.4 Å². The highest BCUT2D eigenvalue weighted by atomic mass is 32.2. The fraction of sp³-hybridized carbons (Fsp3) is 0.400. The van der Waals surface area contributed by atoms with E-state index in [0.29, 0.717) is 12.2 Å². The Bertz CT molecular complexity index is 689. The Labute approximate surface area is 148 Å². The Morgan fingerprint density at radius 2 is 2.12 bits per heavy atom. The molecular formula is C15H20N4O5S. The first kappa shape index (κ1) is 20.4. The fourth-order valence-corrected chi connectivity index (χ4v) is 2.35. The van der Waals surface area contributed by atoms with Crippen molar-refractivity contribution >= 4 is 29.5 Å². The van der Waals surface area contributed by atoms with Crippen molar-refractivity contribution in [1.82, 2.24) is 20.6 Å².